The van der Waals surface area contributed by atoms with E-state index in [1.54, 1.807) is 43.3 Å². The lowest BCUT2D eigenvalue weighted by Crippen LogP contribution is -2.46. The number of carbonyl (C=O) groups is 4. The van der Waals surface area contributed by atoms with E-state index in [0.29, 0.717) is 23.3 Å². The van der Waals surface area contributed by atoms with Crippen LogP contribution in [0.2, 0.25) is 0 Å². The van der Waals surface area contributed by atoms with Gasteiger partial charge in [-0.2, -0.15) is 0 Å². The van der Waals surface area contributed by atoms with Crippen molar-refractivity contribution in [2.24, 2.45) is 0 Å². The van der Waals surface area contributed by atoms with Crippen molar-refractivity contribution in [1.82, 2.24) is 10.2 Å². The lowest BCUT2D eigenvalue weighted by molar-refractivity contribution is -0.130. The van der Waals surface area contributed by atoms with Crippen molar-refractivity contribution in [1.29, 1.82) is 0 Å². The maximum Gasteiger partial charge on any atom is 0.342 e. The summed E-state index contributed by atoms with van der Waals surface area (Å²) in [6.07, 6.45) is -1.02. The van der Waals surface area contributed by atoms with E-state index in [1.807, 2.05) is 20.8 Å². The van der Waals surface area contributed by atoms with Gasteiger partial charge in [0.25, 0.3) is 17.7 Å². The Hall–Kier alpha value is -3.68. The highest BCUT2D eigenvalue weighted by atomic mass is 16.5. The number of benzene rings is 2. The van der Waals surface area contributed by atoms with Gasteiger partial charge in [-0.25, -0.2) is 4.79 Å². The molecule has 33 heavy (non-hydrogen) atoms. The number of imide groups is 1. The van der Waals surface area contributed by atoms with Gasteiger partial charge in [-0.15, -0.1) is 0 Å². The van der Waals surface area contributed by atoms with Crippen LogP contribution in [0.5, 0.6) is 5.75 Å². The van der Waals surface area contributed by atoms with Crippen LogP contribution < -0.4 is 10.1 Å². The number of rotatable bonds is 7. The highest BCUT2D eigenvalue weighted by Crippen LogP contribution is 2.27. The molecule has 1 aliphatic rings. The summed E-state index contributed by atoms with van der Waals surface area (Å²) in [5, 5.41) is 2.76. The summed E-state index contributed by atoms with van der Waals surface area (Å²) in [7, 11) is 0. The normalized spacial score (nSPS) is 14.0. The zero-order chi connectivity index (χ0) is 24.3. The third kappa shape index (κ3) is 5.39. The Balaban J connectivity index is 1.81. The number of fused-ring (bicyclic) bond motifs is 1. The molecule has 2 aromatic carbocycles. The predicted molar refractivity (Wildman–Crippen MR) is 121 cm³/mol. The molecule has 1 heterocycles. The maximum atomic E-state index is 12.9. The third-order valence-electron chi connectivity index (χ3n) is 4.93. The SMILES string of the molecule is CCOc1ccc(CN2C(=O)c3ccccc3C2=O)cc1C(=O)OC(C)C(=O)NC(C)(C)C. The first kappa shape index (κ1) is 24.0. The molecular formula is C25H28N2O6. The molecule has 1 atom stereocenters. The van der Waals surface area contributed by atoms with Crippen molar-refractivity contribution in [3.8, 4) is 5.75 Å². The van der Waals surface area contributed by atoms with Gasteiger partial charge in [-0.05, 0) is 64.4 Å². The van der Waals surface area contributed by atoms with Crippen molar-refractivity contribution < 1.29 is 28.7 Å². The Morgan fingerprint density at radius 3 is 2.18 bits per heavy atom. The Morgan fingerprint density at radius 2 is 1.64 bits per heavy atom. The number of nitrogens with one attached hydrogen (secondary N) is 1. The van der Waals surface area contributed by atoms with Crippen molar-refractivity contribution >= 4 is 23.7 Å². The van der Waals surface area contributed by atoms with Crippen LogP contribution in [0.3, 0.4) is 0 Å². The van der Waals surface area contributed by atoms with E-state index < -0.39 is 23.5 Å². The first-order valence-electron chi connectivity index (χ1n) is 10.8. The highest BCUT2D eigenvalue weighted by Gasteiger charge is 2.35. The molecule has 0 aromatic heterocycles. The zero-order valence-corrected chi connectivity index (χ0v) is 19.4. The topological polar surface area (TPSA) is 102 Å². The first-order chi connectivity index (χ1) is 15.5. The average Bonchev–Trinajstić information content (AvgIpc) is 2.98. The number of ether oxygens (including phenoxy) is 2. The molecule has 0 aliphatic carbocycles. The standard InChI is InChI=1S/C25H28N2O6/c1-6-32-20-12-11-16(14-27-22(29)17-9-7-8-10-18(17)23(27)30)13-19(20)24(31)33-15(2)21(28)26-25(3,4)5/h7-13,15H,6,14H2,1-5H3,(H,26,28). The number of esters is 1. The minimum atomic E-state index is -1.02. The van der Waals surface area contributed by atoms with E-state index >= 15 is 0 Å². The van der Waals surface area contributed by atoms with Gasteiger partial charge in [0.1, 0.15) is 11.3 Å². The molecule has 174 valence electrons. The molecule has 3 rings (SSSR count). The molecule has 0 saturated carbocycles. The monoisotopic (exact) mass is 452 g/mol. The van der Waals surface area contributed by atoms with E-state index in [-0.39, 0.29) is 29.7 Å². The Bertz CT molecular complexity index is 1070. The Labute approximate surface area is 192 Å². The second kappa shape index (κ2) is 9.44. The fourth-order valence-electron chi connectivity index (χ4n) is 3.43. The molecule has 0 saturated heterocycles. The van der Waals surface area contributed by atoms with E-state index in [9.17, 15) is 19.2 Å². The lowest BCUT2D eigenvalue weighted by Gasteiger charge is -2.23. The van der Waals surface area contributed by atoms with Crippen molar-refractivity contribution in [3.05, 3.63) is 64.7 Å². The van der Waals surface area contributed by atoms with Gasteiger partial charge in [0.2, 0.25) is 0 Å². The van der Waals surface area contributed by atoms with E-state index in [4.69, 9.17) is 9.47 Å². The van der Waals surface area contributed by atoms with Crippen LogP contribution in [0.4, 0.5) is 0 Å². The molecule has 1 unspecified atom stereocenters. The first-order valence-corrected chi connectivity index (χ1v) is 10.8. The molecule has 8 nitrogen and oxygen atoms in total. The summed E-state index contributed by atoms with van der Waals surface area (Å²) in [5.74, 6) is -1.64. The number of nitrogens with zero attached hydrogens (tertiary/aromatic N) is 1. The molecule has 8 heteroatoms. The zero-order valence-electron chi connectivity index (χ0n) is 19.4. The molecule has 3 amide bonds. The fourth-order valence-corrected chi connectivity index (χ4v) is 3.43. The Kier molecular flexibility index (Phi) is 6.86. The summed E-state index contributed by atoms with van der Waals surface area (Å²) in [4.78, 5) is 51.7. The predicted octanol–water partition coefficient (Wildman–Crippen LogP) is 3.34. The summed E-state index contributed by atoms with van der Waals surface area (Å²) in [6.45, 7) is 9.06. The van der Waals surface area contributed by atoms with Gasteiger partial charge < -0.3 is 14.8 Å². The number of hydrogen-bond acceptors (Lipinski definition) is 6. The van der Waals surface area contributed by atoms with Crippen LogP contribution in [-0.4, -0.2) is 46.8 Å². The quantitative estimate of drug-likeness (QED) is 0.511. The van der Waals surface area contributed by atoms with Crippen LogP contribution in [0.15, 0.2) is 42.5 Å². The van der Waals surface area contributed by atoms with Gasteiger partial charge >= 0.3 is 5.97 Å². The summed E-state index contributed by atoms with van der Waals surface area (Å²) < 4.78 is 10.9. The van der Waals surface area contributed by atoms with Crippen LogP contribution in [-0.2, 0) is 16.1 Å². The molecular weight excluding hydrogens is 424 g/mol. The molecule has 2 aromatic rings. The van der Waals surface area contributed by atoms with Gasteiger partial charge in [-0.3, -0.25) is 19.3 Å². The van der Waals surface area contributed by atoms with Crippen LogP contribution in [0.1, 0.15) is 71.3 Å². The lowest BCUT2D eigenvalue weighted by atomic mass is 10.1. The van der Waals surface area contributed by atoms with Gasteiger partial charge in [-0.1, -0.05) is 18.2 Å². The smallest absolute Gasteiger partial charge is 0.342 e. The molecule has 0 bridgehead atoms. The maximum absolute atomic E-state index is 12.9. The van der Waals surface area contributed by atoms with E-state index in [1.165, 1.54) is 13.0 Å². The summed E-state index contributed by atoms with van der Waals surface area (Å²) in [6, 6.07) is 11.4. The highest BCUT2D eigenvalue weighted by molar-refractivity contribution is 6.21. The van der Waals surface area contributed by atoms with Gasteiger partial charge in [0.15, 0.2) is 6.10 Å². The van der Waals surface area contributed by atoms with Crippen molar-refractivity contribution in [2.75, 3.05) is 6.61 Å². The second-order valence-corrected chi connectivity index (χ2v) is 8.79. The number of hydrogen-bond donors (Lipinski definition) is 1. The molecule has 0 spiro atoms. The second-order valence-electron chi connectivity index (χ2n) is 8.79. The van der Waals surface area contributed by atoms with Crippen LogP contribution in [0, 0.1) is 0 Å². The Morgan fingerprint density at radius 1 is 1.03 bits per heavy atom. The van der Waals surface area contributed by atoms with Crippen LogP contribution >= 0.6 is 0 Å². The van der Waals surface area contributed by atoms with Gasteiger partial charge in [0, 0.05) is 5.54 Å². The van der Waals surface area contributed by atoms with Crippen molar-refractivity contribution in [3.63, 3.8) is 0 Å². The molecule has 1 N–H and O–H groups in total. The summed E-state index contributed by atoms with van der Waals surface area (Å²) >= 11 is 0. The van der Waals surface area contributed by atoms with Gasteiger partial charge in [0.05, 0.1) is 24.3 Å². The minimum Gasteiger partial charge on any atom is -0.493 e. The molecule has 0 radical (unpaired) electrons. The van der Waals surface area contributed by atoms with E-state index in [2.05, 4.69) is 5.32 Å². The molecule has 0 fully saturated rings. The number of carbonyl (C=O) groups excluding carboxylic acids is 4. The third-order valence-corrected chi connectivity index (χ3v) is 4.93. The minimum absolute atomic E-state index is 0.0148. The largest absolute Gasteiger partial charge is 0.493 e. The molecule has 1 aliphatic heterocycles. The average molecular weight is 453 g/mol. The van der Waals surface area contributed by atoms with E-state index in [0.717, 1.165) is 4.90 Å². The van der Waals surface area contributed by atoms with Crippen molar-refractivity contribution in [2.45, 2.75) is 52.8 Å². The van der Waals surface area contributed by atoms with Crippen LogP contribution in [0.25, 0.3) is 0 Å². The fraction of sp³-hybridized carbons (Fsp3) is 0.360. The summed E-state index contributed by atoms with van der Waals surface area (Å²) in [5.41, 5.74) is 0.896. The number of amides is 3.